The third-order valence-corrected chi connectivity index (χ3v) is 7.45. The second kappa shape index (κ2) is 6.58. The lowest BCUT2D eigenvalue weighted by Gasteiger charge is -2.58. The van der Waals surface area contributed by atoms with Crippen LogP contribution in [-0.4, -0.2) is 62.7 Å². The molecule has 2 bridgehead atoms. The zero-order valence-electron chi connectivity index (χ0n) is 16.6. The molecule has 0 spiro atoms. The van der Waals surface area contributed by atoms with E-state index in [0.29, 0.717) is 5.75 Å². The molecule has 150 valence electrons. The van der Waals surface area contributed by atoms with Crippen molar-refractivity contribution in [3.63, 3.8) is 0 Å². The van der Waals surface area contributed by atoms with Crippen LogP contribution in [0, 0.1) is 6.92 Å². The highest BCUT2D eigenvalue weighted by atomic mass is 16.3. The molecule has 2 aromatic rings. The summed E-state index contributed by atoms with van der Waals surface area (Å²) >= 11 is 0. The summed E-state index contributed by atoms with van der Waals surface area (Å²) < 4.78 is 2.01. The molecule has 1 aromatic heterocycles. The van der Waals surface area contributed by atoms with Crippen molar-refractivity contribution in [3.05, 3.63) is 47.3 Å². The first-order chi connectivity index (χ1) is 13.5. The summed E-state index contributed by atoms with van der Waals surface area (Å²) in [6, 6.07) is 5.84. The number of phenols is 1. The summed E-state index contributed by atoms with van der Waals surface area (Å²) in [5, 5.41) is 30.2. The Hall–Kier alpha value is -1.89. The second-order valence-corrected chi connectivity index (χ2v) is 8.93. The molecular formula is C22H30N4O2. The molecule has 28 heavy (non-hydrogen) atoms. The van der Waals surface area contributed by atoms with Crippen molar-refractivity contribution in [2.45, 2.75) is 56.2 Å². The number of aromatic hydroxyl groups is 1. The Bertz CT molecular complexity index is 881. The summed E-state index contributed by atoms with van der Waals surface area (Å²) in [6.45, 7) is 6.66. The lowest BCUT2D eigenvalue weighted by Crippen LogP contribution is -2.70. The highest BCUT2D eigenvalue weighted by Crippen LogP contribution is 2.54. The van der Waals surface area contributed by atoms with Crippen molar-refractivity contribution < 1.29 is 10.2 Å². The van der Waals surface area contributed by atoms with Gasteiger partial charge in [0.25, 0.3) is 0 Å². The van der Waals surface area contributed by atoms with Crippen LogP contribution in [0.5, 0.6) is 5.75 Å². The quantitative estimate of drug-likeness (QED) is 0.752. The zero-order chi connectivity index (χ0) is 19.4. The number of aryl methyl sites for hydroxylation is 1. The third-order valence-electron chi connectivity index (χ3n) is 7.45. The predicted octanol–water partition coefficient (Wildman–Crippen LogP) is 1.58. The normalized spacial score (nSPS) is 32.4. The zero-order valence-corrected chi connectivity index (χ0v) is 16.6. The first-order valence-corrected chi connectivity index (χ1v) is 10.5. The fourth-order valence-electron chi connectivity index (χ4n) is 5.93. The fraction of sp³-hybridized carbons (Fsp3) is 0.591. The van der Waals surface area contributed by atoms with E-state index in [-0.39, 0.29) is 11.5 Å². The highest BCUT2D eigenvalue weighted by Gasteiger charge is 2.61. The Morgan fingerprint density at radius 2 is 2.07 bits per heavy atom. The lowest BCUT2D eigenvalue weighted by atomic mass is 9.53. The van der Waals surface area contributed by atoms with Crippen molar-refractivity contribution in [1.82, 2.24) is 20.0 Å². The van der Waals surface area contributed by atoms with Gasteiger partial charge in [-0.3, -0.25) is 4.68 Å². The van der Waals surface area contributed by atoms with Gasteiger partial charge in [0, 0.05) is 30.7 Å². The van der Waals surface area contributed by atoms with Crippen molar-refractivity contribution in [2.75, 3.05) is 26.2 Å². The molecule has 2 aliphatic heterocycles. The maximum absolute atomic E-state index is 12.0. The van der Waals surface area contributed by atoms with E-state index in [1.165, 1.54) is 16.7 Å². The molecule has 2 saturated heterocycles. The maximum atomic E-state index is 12.0. The van der Waals surface area contributed by atoms with Crippen LogP contribution < -0.4 is 5.32 Å². The topological polar surface area (TPSA) is 73.6 Å². The molecule has 0 radical (unpaired) electrons. The smallest absolute Gasteiger partial charge is 0.115 e. The Morgan fingerprint density at radius 1 is 1.21 bits per heavy atom. The lowest BCUT2D eigenvalue weighted by molar-refractivity contribution is -0.102. The number of nitrogens with one attached hydrogen (secondary N) is 1. The van der Waals surface area contributed by atoms with E-state index in [1.807, 2.05) is 16.9 Å². The molecule has 3 aliphatic rings. The summed E-state index contributed by atoms with van der Waals surface area (Å²) in [5.41, 5.74) is 2.61. The van der Waals surface area contributed by atoms with Crippen LogP contribution in [0.3, 0.4) is 0 Å². The van der Waals surface area contributed by atoms with Crippen molar-refractivity contribution >= 4 is 0 Å². The fourth-order valence-corrected chi connectivity index (χ4v) is 5.93. The minimum absolute atomic E-state index is 0.0898. The number of aliphatic hydroxyl groups is 1. The Kier molecular flexibility index (Phi) is 4.27. The van der Waals surface area contributed by atoms with Gasteiger partial charge in [0.2, 0.25) is 0 Å². The predicted molar refractivity (Wildman–Crippen MR) is 107 cm³/mol. The summed E-state index contributed by atoms with van der Waals surface area (Å²) in [5.74, 6) is 0.308. The van der Waals surface area contributed by atoms with Crippen molar-refractivity contribution in [3.8, 4) is 5.75 Å². The van der Waals surface area contributed by atoms with Crippen LogP contribution in [0.15, 0.2) is 30.6 Å². The molecule has 1 aromatic carbocycles. The molecule has 6 heteroatoms. The third kappa shape index (κ3) is 2.70. The van der Waals surface area contributed by atoms with Gasteiger partial charge in [0.15, 0.2) is 0 Å². The average molecular weight is 383 g/mol. The number of piperidine rings is 1. The highest BCUT2D eigenvalue weighted by molar-refractivity contribution is 5.47. The first kappa shape index (κ1) is 18.2. The molecule has 2 fully saturated rings. The molecular weight excluding hydrogens is 352 g/mol. The van der Waals surface area contributed by atoms with Crippen LogP contribution in [0.1, 0.15) is 36.0 Å². The van der Waals surface area contributed by atoms with Gasteiger partial charge in [-0.25, -0.2) is 0 Å². The van der Waals surface area contributed by atoms with Gasteiger partial charge < -0.3 is 20.4 Å². The molecule has 3 heterocycles. The number of rotatable bonds is 3. The molecule has 0 amide bonds. The summed E-state index contributed by atoms with van der Waals surface area (Å²) in [4.78, 5) is 2.47. The van der Waals surface area contributed by atoms with Crippen molar-refractivity contribution in [1.29, 1.82) is 0 Å². The van der Waals surface area contributed by atoms with E-state index < -0.39 is 5.60 Å². The number of benzene rings is 1. The number of aromatic nitrogens is 2. The van der Waals surface area contributed by atoms with Gasteiger partial charge in [0.1, 0.15) is 5.75 Å². The SMILES string of the molecule is Cc1cnn(CCN2CC[C@]34CCN[C@H](Cc5ccc(O)cc53)[C@]4(O)CC2)c1. The van der Waals surface area contributed by atoms with Gasteiger partial charge in [0.05, 0.1) is 18.3 Å². The van der Waals surface area contributed by atoms with Crippen LogP contribution in [0.25, 0.3) is 0 Å². The van der Waals surface area contributed by atoms with Gasteiger partial charge in [-0.2, -0.15) is 5.10 Å². The van der Waals surface area contributed by atoms with Gasteiger partial charge in [-0.15, -0.1) is 0 Å². The Morgan fingerprint density at radius 3 is 2.89 bits per heavy atom. The van der Waals surface area contributed by atoms with Crippen molar-refractivity contribution in [2.24, 2.45) is 0 Å². The molecule has 3 atom stereocenters. The minimum Gasteiger partial charge on any atom is -0.508 e. The van der Waals surface area contributed by atoms with E-state index in [9.17, 15) is 10.2 Å². The Labute approximate surface area is 166 Å². The number of phenolic OH excluding ortho intramolecular Hbond substituents is 1. The number of likely N-dealkylation sites (tertiary alicyclic amines) is 1. The maximum Gasteiger partial charge on any atom is 0.115 e. The van der Waals surface area contributed by atoms with E-state index in [0.717, 1.165) is 58.4 Å². The molecule has 6 nitrogen and oxygen atoms in total. The van der Waals surface area contributed by atoms with E-state index in [4.69, 9.17) is 0 Å². The summed E-state index contributed by atoms with van der Waals surface area (Å²) in [7, 11) is 0. The number of fused-ring (bicyclic) bond motifs is 1. The van der Waals surface area contributed by atoms with Gasteiger partial charge >= 0.3 is 0 Å². The first-order valence-electron chi connectivity index (χ1n) is 10.5. The van der Waals surface area contributed by atoms with Gasteiger partial charge in [-0.1, -0.05) is 6.07 Å². The summed E-state index contributed by atoms with van der Waals surface area (Å²) in [6.07, 6.45) is 7.42. The standard InChI is InChI=1S/C22H30N4O2/c1-16-14-24-26(15-16)11-10-25-8-5-21-4-7-23-20(22(21,28)6-9-25)12-17-2-3-18(27)13-19(17)21/h2-3,13-15,20,23,27-28H,4-12H2,1H3/t20-,21-,22-/m1/s1. The molecule has 5 rings (SSSR count). The molecule has 3 N–H and O–H groups in total. The van der Waals surface area contributed by atoms with E-state index in [2.05, 4.69) is 34.5 Å². The van der Waals surface area contributed by atoms with Crippen LogP contribution >= 0.6 is 0 Å². The van der Waals surface area contributed by atoms with Crippen LogP contribution in [0.4, 0.5) is 0 Å². The molecule has 1 aliphatic carbocycles. The second-order valence-electron chi connectivity index (χ2n) is 8.93. The number of hydrogen-bond donors (Lipinski definition) is 3. The number of hydrogen-bond acceptors (Lipinski definition) is 5. The van der Waals surface area contributed by atoms with E-state index in [1.54, 1.807) is 6.07 Å². The monoisotopic (exact) mass is 382 g/mol. The molecule has 0 unspecified atom stereocenters. The van der Waals surface area contributed by atoms with Gasteiger partial charge in [-0.05, 0) is 74.5 Å². The van der Waals surface area contributed by atoms with Crippen LogP contribution in [-0.2, 0) is 18.4 Å². The minimum atomic E-state index is -0.761. The Balaban J connectivity index is 1.43. The van der Waals surface area contributed by atoms with Crippen LogP contribution in [0.2, 0.25) is 0 Å². The average Bonchev–Trinajstić information content (AvgIpc) is 3.01. The largest absolute Gasteiger partial charge is 0.508 e. The molecule has 0 saturated carbocycles. The number of nitrogens with zero attached hydrogens (tertiary/aromatic N) is 3. The van der Waals surface area contributed by atoms with E-state index >= 15 is 0 Å².